The molecule has 104 valence electrons. The van der Waals surface area contributed by atoms with Crippen LogP contribution in [0.25, 0.3) is 10.4 Å². The number of hydrogen-bond donors (Lipinski definition) is 0. The topological polar surface area (TPSA) is 82.9 Å². The summed E-state index contributed by atoms with van der Waals surface area (Å²) >= 11 is 0. The van der Waals surface area contributed by atoms with E-state index in [1.807, 2.05) is 12.1 Å². The summed E-state index contributed by atoms with van der Waals surface area (Å²) in [5, 5.41) is 3.33. The maximum absolute atomic E-state index is 12.0. The van der Waals surface area contributed by atoms with Gasteiger partial charge in [0, 0.05) is 11.5 Å². The van der Waals surface area contributed by atoms with Crippen molar-refractivity contribution in [2.75, 3.05) is 12.3 Å². The molecule has 1 aromatic carbocycles. The van der Waals surface area contributed by atoms with Crippen LogP contribution < -0.4 is 0 Å². The van der Waals surface area contributed by atoms with Gasteiger partial charge in [0.2, 0.25) is 0 Å². The lowest BCUT2D eigenvalue weighted by atomic mass is 9.87. The molecule has 0 aliphatic rings. The monoisotopic (exact) mass is 281 g/mol. The van der Waals surface area contributed by atoms with Gasteiger partial charge in [0.25, 0.3) is 0 Å². The van der Waals surface area contributed by atoms with E-state index in [-0.39, 0.29) is 17.7 Å². The number of hydrogen-bond acceptors (Lipinski definition) is 3. The van der Waals surface area contributed by atoms with Crippen molar-refractivity contribution in [1.29, 1.82) is 0 Å². The molecule has 6 heteroatoms. The molecule has 0 saturated carbocycles. The molecule has 0 unspecified atom stereocenters. The molecule has 19 heavy (non-hydrogen) atoms. The zero-order valence-electron chi connectivity index (χ0n) is 11.5. The van der Waals surface area contributed by atoms with Crippen molar-refractivity contribution in [3.8, 4) is 0 Å². The van der Waals surface area contributed by atoms with E-state index >= 15 is 0 Å². The molecule has 0 aliphatic heterocycles. The Bertz CT molecular complexity index is 565. The van der Waals surface area contributed by atoms with Crippen molar-refractivity contribution in [1.82, 2.24) is 0 Å². The molecule has 1 aromatic rings. The molecule has 0 radical (unpaired) electrons. The number of benzene rings is 1. The van der Waals surface area contributed by atoms with Crippen molar-refractivity contribution >= 4 is 9.84 Å². The number of sulfone groups is 1. The molecule has 5 nitrogen and oxygen atoms in total. The Balaban J connectivity index is 2.82. The Hall–Kier alpha value is -1.52. The van der Waals surface area contributed by atoms with Crippen LogP contribution in [-0.2, 0) is 15.3 Å². The van der Waals surface area contributed by atoms with Gasteiger partial charge in [-0.3, -0.25) is 0 Å². The van der Waals surface area contributed by atoms with Gasteiger partial charge in [-0.1, -0.05) is 38.0 Å². The first-order chi connectivity index (χ1) is 8.77. The van der Waals surface area contributed by atoms with Gasteiger partial charge in [-0.05, 0) is 35.1 Å². The number of rotatable bonds is 5. The van der Waals surface area contributed by atoms with Crippen LogP contribution in [0.3, 0.4) is 0 Å². The van der Waals surface area contributed by atoms with Gasteiger partial charge >= 0.3 is 0 Å². The Morgan fingerprint density at radius 2 is 1.79 bits per heavy atom. The summed E-state index contributed by atoms with van der Waals surface area (Å²) in [5.74, 6) is 0.000878. The first kappa shape index (κ1) is 15.5. The highest BCUT2D eigenvalue weighted by atomic mass is 32.2. The average molecular weight is 281 g/mol. The Morgan fingerprint density at radius 1 is 1.21 bits per heavy atom. The molecular weight excluding hydrogens is 262 g/mol. The normalized spacial score (nSPS) is 11.9. The van der Waals surface area contributed by atoms with Gasteiger partial charge in [-0.2, -0.15) is 0 Å². The highest BCUT2D eigenvalue weighted by Gasteiger charge is 2.17. The van der Waals surface area contributed by atoms with E-state index < -0.39 is 9.84 Å². The standard InChI is InChI=1S/C13H19N3O2S/c1-13(2,3)11-5-7-12(8-6-11)19(17,18)10-4-9-15-16-14/h5-8H,4,9-10H2,1-3H3. The molecule has 0 aromatic heterocycles. The van der Waals surface area contributed by atoms with Gasteiger partial charge in [0.15, 0.2) is 9.84 Å². The summed E-state index contributed by atoms with van der Waals surface area (Å²) in [6, 6.07) is 6.98. The highest BCUT2D eigenvalue weighted by Crippen LogP contribution is 2.23. The summed E-state index contributed by atoms with van der Waals surface area (Å²) < 4.78 is 24.0. The van der Waals surface area contributed by atoms with Crippen LogP contribution in [0, 0.1) is 0 Å². The van der Waals surface area contributed by atoms with Crippen molar-refractivity contribution < 1.29 is 8.42 Å². The van der Waals surface area contributed by atoms with E-state index in [1.54, 1.807) is 12.1 Å². The zero-order chi connectivity index (χ0) is 14.5. The fraction of sp³-hybridized carbons (Fsp3) is 0.538. The minimum atomic E-state index is -3.29. The van der Waals surface area contributed by atoms with Crippen LogP contribution in [0.5, 0.6) is 0 Å². The van der Waals surface area contributed by atoms with E-state index in [4.69, 9.17) is 5.53 Å². The van der Waals surface area contributed by atoms with Crippen molar-refractivity contribution in [2.45, 2.75) is 37.5 Å². The first-order valence-electron chi connectivity index (χ1n) is 6.11. The van der Waals surface area contributed by atoms with Crippen LogP contribution in [0.4, 0.5) is 0 Å². The lowest BCUT2D eigenvalue weighted by molar-refractivity contribution is 0.585. The smallest absolute Gasteiger partial charge is 0.178 e. The summed E-state index contributed by atoms with van der Waals surface area (Å²) in [5.41, 5.74) is 9.23. The van der Waals surface area contributed by atoms with E-state index in [0.717, 1.165) is 5.56 Å². The second kappa shape index (κ2) is 6.08. The molecule has 1 rings (SSSR count). The van der Waals surface area contributed by atoms with E-state index in [1.165, 1.54) is 0 Å². The molecule has 0 spiro atoms. The van der Waals surface area contributed by atoms with E-state index in [0.29, 0.717) is 11.3 Å². The minimum Gasteiger partial charge on any atom is -0.224 e. The van der Waals surface area contributed by atoms with Crippen LogP contribution in [0.1, 0.15) is 32.8 Å². The Morgan fingerprint density at radius 3 is 2.26 bits per heavy atom. The van der Waals surface area contributed by atoms with E-state index in [9.17, 15) is 8.42 Å². The average Bonchev–Trinajstić information content (AvgIpc) is 2.34. The van der Waals surface area contributed by atoms with Crippen LogP contribution in [0.15, 0.2) is 34.3 Å². The van der Waals surface area contributed by atoms with Crippen LogP contribution >= 0.6 is 0 Å². The fourth-order valence-electron chi connectivity index (χ4n) is 1.65. The predicted molar refractivity (Wildman–Crippen MR) is 75.8 cm³/mol. The summed E-state index contributed by atoms with van der Waals surface area (Å²) in [4.78, 5) is 2.92. The maximum atomic E-state index is 12.0. The molecular formula is C13H19N3O2S. The highest BCUT2D eigenvalue weighted by molar-refractivity contribution is 7.91. The third-order valence-corrected chi connectivity index (χ3v) is 4.63. The molecule has 0 heterocycles. The molecule has 0 atom stereocenters. The predicted octanol–water partition coefficient (Wildman–Crippen LogP) is 3.46. The van der Waals surface area contributed by atoms with Crippen LogP contribution in [-0.4, -0.2) is 20.7 Å². The lowest BCUT2D eigenvalue weighted by Crippen LogP contribution is -2.12. The lowest BCUT2D eigenvalue weighted by Gasteiger charge is -2.19. The molecule has 0 bridgehead atoms. The molecule has 0 aliphatic carbocycles. The molecule has 0 saturated heterocycles. The van der Waals surface area contributed by atoms with Crippen molar-refractivity contribution in [3.05, 3.63) is 40.3 Å². The largest absolute Gasteiger partial charge is 0.224 e. The summed E-state index contributed by atoms with van der Waals surface area (Å²) in [6.45, 7) is 6.44. The second-order valence-electron chi connectivity index (χ2n) is 5.40. The molecule has 0 fully saturated rings. The first-order valence-corrected chi connectivity index (χ1v) is 7.77. The van der Waals surface area contributed by atoms with Gasteiger partial charge < -0.3 is 0 Å². The zero-order valence-corrected chi connectivity index (χ0v) is 12.3. The van der Waals surface area contributed by atoms with Crippen molar-refractivity contribution in [3.63, 3.8) is 0 Å². The molecule has 0 N–H and O–H groups in total. The summed E-state index contributed by atoms with van der Waals surface area (Å²) in [6.07, 6.45) is 0.341. The quantitative estimate of drug-likeness (QED) is 0.358. The Labute approximate surface area is 114 Å². The van der Waals surface area contributed by atoms with E-state index in [2.05, 4.69) is 30.8 Å². The van der Waals surface area contributed by atoms with Gasteiger partial charge in [0.05, 0.1) is 10.6 Å². The van der Waals surface area contributed by atoms with Gasteiger partial charge in [-0.25, -0.2) is 8.42 Å². The summed E-state index contributed by atoms with van der Waals surface area (Å²) in [7, 11) is -3.29. The fourth-order valence-corrected chi connectivity index (χ4v) is 2.95. The third-order valence-electron chi connectivity index (χ3n) is 2.81. The SMILES string of the molecule is CC(C)(C)c1ccc(S(=O)(=O)CCCN=[N+]=[N-])cc1. The number of azide groups is 1. The van der Waals surface area contributed by atoms with Gasteiger partial charge in [0.1, 0.15) is 0 Å². The minimum absolute atomic E-state index is 0.000878. The third kappa shape index (κ3) is 4.58. The maximum Gasteiger partial charge on any atom is 0.178 e. The number of nitrogens with zero attached hydrogens (tertiary/aromatic N) is 3. The second-order valence-corrected chi connectivity index (χ2v) is 7.51. The Kier molecular flexibility index (Phi) is 4.97. The van der Waals surface area contributed by atoms with Crippen LogP contribution in [0.2, 0.25) is 0 Å². The van der Waals surface area contributed by atoms with Crippen molar-refractivity contribution in [2.24, 2.45) is 5.11 Å². The van der Waals surface area contributed by atoms with Gasteiger partial charge in [-0.15, -0.1) is 0 Å². The molecule has 0 amide bonds.